The maximum Gasteiger partial charge on any atom is 0.148 e. The summed E-state index contributed by atoms with van der Waals surface area (Å²) >= 11 is 0. The number of imidazole rings is 1. The summed E-state index contributed by atoms with van der Waals surface area (Å²) in [6.07, 6.45) is 1.56. The van der Waals surface area contributed by atoms with Crippen molar-refractivity contribution in [2.24, 2.45) is 0 Å². The van der Waals surface area contributed by atoms with Gasteiger partial charge in [0, 0.05) is 42.8 Å². The van der Waals surface area contributed by atoms with Gasteiger partial charge >= 0.3 is 0 Å². The van der Waals surface area contributed by atoms with Gasteiger partial charge in [0.2, 0.25) is 0 Å². The number of phenols is 1. The van der Waals surface area contributed by atoms with Gasteiger partial charge in [-0.25, -0.2) is 4.98 Å². The number of para-hydroxylation sites is 1. The average Bonchev–Trinajstić information content (AvgIpc) is 3.62. The predicted octanol–water partition coefficient (Wildman–Crippen LogP) is 12.5. The first kappa shape index (κ1) is 28.0. The third kappa shape index (κ3) is 6.95. The molecule has 0 aliphatic carbocycles. The normalized spacial score (nSPS) is 13.8. The predicted molar refractivity (Wildman–Crippen MR) is 219 cm³/mol. The minimum Gasteiger partial charge on any atom is -0.507 e. The van der Waals surface area contributed by atoms with Crippen LogP contribution in [0.25, 0.3) is 72.7 Å². The van der Waals surface area contributed by atoms with Crippen molar-refractivity contribution >= 4 is 11.0 Å². The molecule has 54 heavy (non-hydrogen) atoms. The first-order chi connectivity index (χ1) is 28.8. The van der Waals surface area contributed by atoms with Gasteiger partial charge in [-0.05, 0) is 95.4 Å². The molecule has 0 saturated carbocycles. The maximum absolute atomic E-state index is 11.6. The standard InChI is InChI=1S/C49H42N3O.Pt/c1-31-24-33(3)47(53)43(25-31)48-51-46-42(18-13-19-45(46)52(48)40-20-21-41(32(2)26-40)35-16-11-8-12-17-35)37-27-38(29-39(28-37)49(4,5)6)44-30-36(22-23-50-44)34-14-9-7-10-15-34;/h7-26,28-30,53H,1-6H3;/q-1;/i2D3,7D,9D,10D,14D,15D;. The Balaban J connectivity index is 0.00000578. The van der Waals surface area contributed by atoms with Crippen LogP contribution in [0.2, 0.25) is 0 Å². The third-order valence-corrected chi connectivity index (χ3v) is 9.57. The zero-order valence-corrected chi connectivity index (χ0v) is 32.8. The van der Waals surface area contributed by atoms with Crippen LogP contribution in [0.3, 0.4) is 0 Å². The largest absolute Gasteiger partial charge is 0.507 e. The van der Waals surface area contributed by atoms with E-state index >= 15 is 0 Å². The molecule has 0 bridgehead atoms. The summed E-state index contributed by atoms with van der Waals surface area (Å²) in [5, 5.41) is 11.6. The number of fused-ring (bicyclic) bond motifs is 1. The number of rotatable bonds is 6. The Labute approximate surface area is 343 Å². The third-order valence-electron chi connectivity index (χ3n) is 9.57. The molecular weight excluding hydrogens is 842 g/mol. The number of phenolic OH excluding ortho intramolecular Hbond substituents is 1. The van der Waals surface area contributed by atoms with E-state index in [9.17, 15) is 5.11 Å². The molecule has 0 amide bonds. The number of aromatic nitrogens is 3. The van der Waals surface area contributed by atoms with E-state index in [1.54, 1.807) is 24.4 Å². The van der Waals surface area contributed by atoms with E-state index in [0.717, 1.165) is 22.3 Å². The fraction of sp³-hybridized carbons (Fsp3) is 0.143. The molecule has 5 heteroatoms. The van der Waals surface area contributed by atoms with Gasteiger partial charge in [-0.15, -0.1) is 29.3 Å². The molecule has 0 radical (unpaired) electrons. The molecule has 4 nitrogen and oxygen atoms in total. The Kier molecular flexibility index (Phi) is 7.60. The number of hydrogen-bond donors (Lipinski definition) is 1. The molecule has 0 atom stereocenters. The van der Waals surface area contributed by atoms with Crippen LogP contribution in [-0.4, -0.2) is 19.6 Å². The Morgan fingerprint density at radius 3 is 2.26 bits per heavy atom. The molecule has 0 aliphatic rings. The molecule has 8 aromatic rings. The van der Waals surface area contributed by atoms with Crippen LogP contribution in [0.15, 0.2) is 140 Å². The van der Waals surface area contributed by atoms with Crippen molar-refractivity contribution in [1.82, 2.24) is 14.5 Å². The van der Waals surface area contributed by atoms with Gasteiger partial charge in [0.15, 0.2) is 0 Å². The second-order valence-electron chi connectivity index (χ2n) is 14.4. The van der Waals surface area contributed by atoms with E-state index in [1.807, 2.05) is 97.3 Å². The summed E-state index contributed by atoms with van der Waals surface area (Å²) in [7, 11) is 0. The number of aryl methyl sites for hydroxylation is 3. The molecule has 0 saturated heterocycles. The Morgan fingerprint density at radius 1 is 0.722 bits per heavy atom. The zero-order chi connectivity index (χ0) is 43.7. The molecule has 0 fully saturated rings. The number of nitrogens with zero attached hydrogens (tertiary/aromatic N) is 3. The van der Waals surface area contributed by atoms with E-state index in [-0.39, 0.29) is 55.4 Å². The quantitative estimate of drug-likeness (QED) is 0.169. The van der Waals surface area contributed by atoms with Crippen LogP contribution in [0.1, 0.15) is 54.0 Å². The Morgan fingerprint density at radius 2 is 1.50 bits per heavy atom. The summed E-state index contributed by atoms with van der Waals surface area (Å²) < 4.78 is 69.5. The van der Waals surface area contributed by atoms with Crippen molar-refractivity contribution in [3.05, 3.63) is 168 Å². The van der Waals surface area contributed by atoms with E-state index in [4.69, 9.17) is 16.0 Å². The molecule has 2 aromatic heterocycles. The smallest absolute Gasteiger partial charge is 0.148 e. The Hall–Kier alpha value is -5.57. The van der Waals surface area contributed by atoms with Crippen molar-refractivity contribution in [1.29, 1.82) is 0 Å². The topological polar surface area (TPSA) is 50.9 Å². The Bertz CT molecular complexity index is 3020. The summed E-state index contributed by atoms with van der Waals surface area (Å²) in [5.41, 5.74) is 9.13. The van der Waals surface area contributed by atoms with Crippen LogP contribution < -0.4 is 0 Å². The molecule has 0 unspecified atom stereocenters. The van der Waals surface area contributed by atoms with Gasteiger partial charge < -0.3 is 5.11 Å². The van der Waals surface area contributed by atoms with Crippen LogP contribution >= 0.6 is 0 Å². The van der Waals surface area contributed by atoms with E-state index < -0.39 is 25.0 Å². The molecule has 0 aliphatic heterocycles. The van der Waals surface area contributed by atoms with Crippen molar-refractivity contribution in [3.8, 4) is 67.5 Å². The molecule has 2 heterocycles. The van der Waals surface area contributed by atoms with Crippen molar-refractivity contribution in [3.63, 3.8) is 0 Å². The van der Waals surface area contributed by atoms with Crippen LogP contribution in [0.4, 0.5) is 0 Å². The van der Waals surface area contributed by atoms with E-state index in [1.165, 1.54) is 0 Å². The van der Waals surface area contributed by atoms with Gasteiger partial charge in [0.1, 0.15) is 11.6 Å². The average molecular weight is 892 g/mol. The van der Waals surface area contributed by atoms with Crippen molar-refractivity contribution in [2.75, 3.05) is 0 Å². The van der Waals surface area contributed by atoms with Crippen LogP contribution in [0, 0.1) is 26.8 Å². The van der Waals surface area contributed by atoms with Gasteiger partial charge in [0.05, 0.1) is 23.5 Å². The number of aromatic hydroxyl groups is 1. The van der Waals surface area contributed by atoms with E-state index in [0.29, 0.717) is 61.6 Å². The molecular formula is C49H42N3OPt-. The van der Waals surface area contributed by atoms with E-state index in [2.05, 4.69) is 37.9 Å². The zero-order valence-electron chi connectivity index (χ0n) is 38.5. The molecule has 1 N–H and O–H groups in total. The fourth-order valence-corrected chi connectivity index (χ4v) is 6.84. The minimum atomic E-state index is -2.45. The fourth-order valence-electron chi connectivity index (χ4n) is 6.84. The molecule has 0 spiro atoms. The number of pyridine rings is 1. The molecule has 6 aromatic carbocycles. The van der Waals surface area contributed by atoms with Gasteiger partial charge in [-0.2, -0.15) is 0 Å². The second kappa shape index (κ2) is 14.7. The first-order valence-corrected chi connectivity index (χ1v) is 17.5. The summed E-state index contributed by atoms with van der Waals surface area (Å²) in [5.74, 6) is 0.491. The maximum atomic E-state index is 11.6. The number of hydrogen-bond acceptors (Lipinski definition) is 3. The van der Waals surface area contributed by atoms with Crippen LogP contribution in [0.5, 0.6) is 5.75 Å². The molecule has 8 rings (SSSR count). The summed E-state index contributed by atoms with van der Waals surface area (Å²) in [6.45, 7) is 7.64. The van der Waals surface area contributed by atoms with Crippen molar-refractivity contribution in [2.45, 2.75) is 46.9 Å². The van der Waals surface area contributed by atoms with Crippen molar-refractivity contribution < 1.29 is 37.1 Å². The summed E-state index contributed by atoms with van der Waals surface area (Å²) in [4.78, 5) is 9.96. The molecule has 270 valence electrons. The first-order valence-electron chi connectivity index (χ1n) is 21.5. The SMILES string of the molecule is [2H]c1c([2H])c([2H])c(-c2ccnc(-c3[c-]c(-c4cccc5c4nc(-c4cc(C)cc(C)c4O)n5-c4ccc(-c5ccccc5)c(C([2H])([2H])[2H])c4)cc(C(C)(C)C)c3)c2)c([2H])c1[2H].[Pt]. The second-order valence-corrected chi connectivity index (χ2v) is 14.4. The van der Waals surface area contributed by atoms with Crippen LogP contribution in [-0.2, 0) is 26.5 Å². The van der Waals surface area contributed by atoms with Gasteiger partial charge in [-0.1, -0.05) is 123 Å². The van der Waals surface area contributed by atoms with Gasteiger partial charge in [-0.3, -0.25) is 9.55 Å². The minimum absolute atomic E-state index is 0. The summed E-state index contributed by atoms with van der Waals surface area (Å²) in [6, 6.07) is 33.5. The monoisotopic (exact) mass is 891 g/mol. The van der Waals surface area contributed by atoms with Gasteiger partial charge in [0.25, 0.3) is 0 Å². The number of benzene rings is 6.